The molecule has 2 nitrogen and oxygen atoms in total. The van der Waals surface area contributed by atoms with Crippen molar-refractivity contribution in [3.63, 3.8) is 0 Å². The van der Waals surface area contributed by atoms with Crippen LogP contribution in [0.1, 0.15) is 30.6 Å². The maximum absolute atomic E-state index is 5.50. The zero-order valence-electron chi connectivity index (χ0n) is 12.6. The van der Waals surface area contributed by atoms with Crippen LogP contribution in [0.2, 0.25) is 0 Å². The Morgan fingerprint density at radius 3 is 2.52 bits per heavy atom. The first-order valence-electron chi connectivity index (χ1n) is 6.58. The molecule has 2 rings (SSSR count). The third kappa shape index (κ3) is 5.24. The van der Waals surface area contributed by atoms with E-state index in [0.717, 1.165) is 13.0 Å². The molecule has 1 unspecified atom stereocenters. The molecule has 0 bridgehead atoms. The van der Waals surface area contributed by atoms with Gasteiger partial charge in [0.1, 0.15) is 0 Å². The van der Waals surface area contributed by atoms with Gasteiger partial charge in [-0.05, 0) is 0 Å². The summed E-state index contributed by atoms with van der Waals surface area (Å²) in [5.74, 6) is 0. The van der Waals surface area contributed by atoms with Crippen LogP contribution in [0.4, 0.5) is 0 Å². The maximum Gasteiger partial charge on any atom is -0.147 e. The van der Waals surface area contributed by atoms with Crippen molar-refractivity contribution in [1.29, 1.82) is 0 Å². The van der Waals surface area contributed by atoms with Crippen molar-refractivity contribution >= 4 is 30.4 Å². The molecule has 0 aliphatic heterocycles. The summed E-state index contributed by atoms with van der Waals surface area (Å²) < 4.78 is 5.50. The molecule has 0 saturated heterocycles. The van der Waals surface area contributed by atoms with Crippen molar-refractivity contribution < 1.29 is 24.1 Å². The molecule has 0 amide bonds. The van der Waals surface area contributed by atoms with E-state index in [1.807, 2.05) is 0 Å². The molecule has 1 aliphatic rings. The number of hydrogen-bond donors (Lipinski definition) is 0. The number of likely N-dealkylation sites (N-methyl/N-ethyl adjacent to an activating group) is 1. The molecule has 0 saturated carbocycles. The molecule has 1 aromatic carbocycles. The zero-order valence-corrected chi connectivity index (χ0v) is 15.8. The minimum absolute atomic E-state index is 0. The normalized spacial score (nSPS) is 14.8. The fraction of sp³-hybridized carbons (Fsp3) is 0.375. The summed E-state index contributed by atoms with van der Waals surface area (Å²) in [7, 11) is 4.22. The Kier molecular flexibility index (Phi) is 9.79. The molecule has 0 aromatic heterocycles. The largest absolute Gasteiger partial charge is 0.147 e. The number of halogens is 2. The van der Waals surface area contributed by atoms with Gasteiger partial charge in [0.15, 0.2) is 0 Å². The molecular weight excluding hydrogens is 341 g/mol. The summed E-state index contributed by atoms with van der Waals surface area (Å²) in [6, 6.07) is 8.58. The fourth-order valence-electron chi connectivity index (χ4n) is 2.51. The molecule has 115 valence electrons. The van der Waals surface area contributed by atoms with E-state index in [9.17, 15) is 0 Å². The Balaban J connectivity index is 0.00000200. The number of benzene rings is 1. The molecular formula is C16H22Cl2NOTi. The zero-order chi connectivity index (χ0) is 13.8. The van der Waals surface area contributed by atoms with E-state index in [4.69, 9.17) is 3.32 Å². The number of rotatable bonds is 5. The van der Waals surface area contributed by atoms with Gasteiger partial charge in [0, 0.05) is 0 Å². The Labute approximate surface area is 152 Å². The molecule has 1 aliphatic carbocycles. The minimum atomic E-state index is 0. The van der Waals surface area contributed by atoms with Crippen LogP contribution < -0.4 is 0 Å². The van der Waals surface area contributed by atoms with Crippen molar-refractivity contribution in [2.24, 2.45) is 0 Å². The Bertz CT molecular complexity index is 515. The summed E-state index contributed by atoms with van der Waals surface area (Å²) >= 11 is 1.77. The van der Waals surface area contributed by atoms with Crippen molar-refractivity contribution in [2.45, 2.75) is 19.4 Å². The summed E-state index contributed by atoms with van der Waals surface area (Å²) in [6.45, 7) is 3.09. The van der Waals surface area contributed by atoms with Gasteiger partial charge < -0.3 is 0 Å². The molecule has 5 heteroatoms. The fourth-order valence-corrected chi connectivity index (χ4v) is 2.71. The van der Waals surface area contributed by atoms with E-state index in [2.05, 4.69) is 62.3 Å². The molecule has 1 aromatic rings. The standard InChI is InChI=1S/C16H20NO.2ClH.Ti/c1-12(18)14-8-4-5-9-16(14)15-10-6-7-13(15)11-17(2)3;;;/h4-9,12H,10-11H2,1-3H3;2*1H;/q-1;;;+1. The van der Waals surface area contributed by atoms with Crippen LogP contribution >= 0.6 is 24.8 Å². The summed E-state index contributed by atoms with van der Waals surface area (Å²) in [4.78, 5) is 2.22. The van der Waals surface area contributed by atoms with Crippen LogP contribution in [0.5, 0.6) is 0 Å². The van der Waals surface area contributed by atoms with Gasteiger partial charge in [0.05, 0.1) is 0 Å². The van der Waals surface area contributed by atoms with E-state index < -0.39 is 0 Å². The number of hydrogen-bond acceptors (Lipinski definition) is 2. The summed E-state index contributed by atoms with van der Waals surface area (Å²) in [5.41, 5.74) is 5.47. The first-order valence-corrected chi connectivity index (χ1v) is 7.22. The Morgan fingerprint density at radius 2 is 1.90 bits per heavy atom. The molecule has 0 spiro atoms. The first-order chi connectivity index (χ1) is 9.13. The third-order valence-electron chi connectivity index (χ3n) is 3.42. The SMILES string of the molecule is CC([O][Ti])c1ccccc1C1=C(CN(C)C)C=CC1.Cl.Cl. The topological polar surface area (TPSA) is 12.5 Å². The van der Waals surface area contributed by atoms with Crippen LogP contribution in [0.25, 0.3) is 5.57 Å². The number of allylic oxidation sites excluding steroid dienone is 2. The van der Waals surface area contributed by atoms with Crippen LogP contribution in [0.3, 0.4) is 0 Å². The van der Waals surface area contributed by atoms with E-state index in [1.165, 1.54) is 22.3 Å². The Morgan fingerprint density at radius 1 is 1.24 bits per heavy atom. The van der Waals surface area contributed by atoms with Gasteiger partial charge in [-0.1, -0.05) is 0 Å². The number of nitrogens with zero attached hydrogens (tertiary/aromatic N) is 1. The molecule has 21 heavy (non-hydrogen) atoms. The van der Waals surface area contributed by atoms with Gasteiger partial charge in [-0.15, -0.1) is 24.8 Å². The molecule has 0 radical (unpaired) electrons. The van der Waals surface area contributed by atoms with Crippen molar-refractivity contribution in [1.82, 2.24) is 4.90 Å². The van der Waals surface area contributed by atoms with Gasteiger partial charge in [0.2, 0.25) is 0 Å². The van der Waals surface area contributed by atoms with Crippen molar-refractivity contribution in [2.75, 3.05) is 20.6 Å². The predicted octanol–water partition coefficient (Wildman–Crippen LogP) is 4.34. The predicted molar refractivity (Wildman–Crippen MR) is 89.7 cm³/mol. The second-order valence-corrected chi connectivity index (χ2v) is 5.56. The third-order valence-corrected chi connectivity index (χ3v) is 3.97. The van der Waals surface area contributed by atoms with E-state index in [1.54, 1.807) is 20.8 Å². The molecule has 1 atom stereocenters. The second kappa shape index (κ2) is 9.84. The summed E-state index contributed by atoms with van der Waals surface area (Å²) in [5, 5.41) is 0. The maximum atomic E-state index is 5.50. The van der Waals surface area contributed by atoms with E-state index in [0.29, 0.717) is 0 Å². The van der Waals surface area contributed by atoms with Crippen LogP contribution in [-0.4, -0.2) is 25.5 Å². The summed E-state index contributed by atoms with van der Waals surface area (Å²) in [6.07, 6.45) is 5.66. The quantitative estimate of drug-likeness (QED) is 0.722. The minimum Gasteiger partial charge on any atom is -0.147 e. The average molecular weight is 363 g/mol. The van der Waals surface area contributed by atoms with Crippen LogP contribution in [0, 0.1) is 0 Å². The van der Waals surface area contributed by atoms with Gasteiger partial charge in [-0.2, -0.15) is 0 Å². The van der Waals surface area contributed by atoms with Crippen molar-refractivity contribution in [3.05, 3.63) is 53.1 Å². The van der Waals surface area contributed by atoms with Crippen LogP contribution in [0.15, 0.2) is 42.0 Å². The monoisotopic (exact) mass is 362 g/mol. The second-order valence-electron chi connectivity index (χ2n) is 5.20. The van der Waals surface area contributed by atoms with Gasteiger partial charge in [-0.25, -0.2) is 0 Å². The van der Waals surface area contributed by atoms with Crippen molar-refractivity contribution in [3.8, 4) is 0 Å². The smallest absolute Gasteiger partial charge is 0.147 e. The first kappa shape index (κ1) is 20.9. The van der Waals surface area contributed by atoms with E-state index >= 15 is 0 Å². The molecule has 0 N–H and O–H groups in total. The van der Waals surface area contributed by atoms with Crippen LogP contribution in [-0.2, 0) is 24.1 Å². The average Bonchev–Trinajstić information content (AvgIpc) is 2.85. The molecule has 0 fully saturated rings. The Hall–Kier alpha value is -0.0857. The van der Waals surface area contributed by atoms with E-state index in [-0.39, 0.29) is 30.9 Å². The van der Waals surface area contributed by atoms with Gasteiger partial charge >= 0.3 is 128 Å². The van der Waals surface area contributed by atoms with Gasteiger partial charge in [0.25, 0.3) is 0 Å². The molecule has 0 heterocycles. The van der Waals surface area contributed by atoms with Gasteiger partial charge in [-0.3, -0.25) is 0 Å².